The molecule has 1 heterocycles. The summed E-state index contributed by atoms with van der Waals surface area (Å²) >= 11 is 0. The van der Waals surface area contributed by atoms with Crippen molar-refractivity contribution < 1.29 is 14.6 Å². The Hall–Kier alpha value is -2.33. The van der Waals surface area contributed by atoms with Gasteiger partial charge in [0.1, 0.15) is 12.4 Å². The number of carboxylic acids is 1. The van der Waals surface area contributed by atoms with Gasteiger partial charge in [-0.3, -0.25) is 0 Å². The van der Waals surface area contributed by atoms with Crippen LogP contribution in [0.5, 0.6) is 5.75 Å². The van der Waals surface area contributed by atoms with Crippen LogP contribution in [0, 0.1) is 0 Å². The van der Waals surface area contributed by atoms with Crippen LogP contribution >= 0.6 is 0 Å². The van der Waals surface area contributed by atoms with Crippen LogP contribution in [0.15, 0.2) is 42.5 Å². The third-order valence-corrected chi connectivity index (χ3v) is 3.38. The molecule has 0 saturated heterocycles. The molecule has 0 unspecified atom stereocenters. The molecule has 1 aliphatic rings. The zero-order chi connectivity index (χ0) is 13.9. The van der Waals surface area contributed by atoms with Gasteiger partial charge in [0.25, 0.3) is 0 Å². The first-order valence-electron chi connectivity index (χ1n) is 6.54. The normalized spacial score (nSPS) is 14.0. The maximum absolute atomic E-state index is 10.9. The van der Waals surface area contributed by atoms with Gasteiger partial charge in [0.05, 0.1) is 5.56 Å². The highest BCUT2D eigenvalue weighted by Crippen LogP contribution is 2.27. The van der Waals surface area contributed by atoms with Gasteiger partial charge in [-0.05, 0) is 35.4 Å². The second-order valence-electron chi connectivity index (χ2n) is 4.73. The van der Waals surface area contributed by atoms with Crippen molar-refractivity contribution in [3.8, 4) is 16.9 Å². The van der Waals surface area contributed by atoms with Crippen LogP contribution in [-0.2, 0) is 6.54 Å². The van der Waals surface area contributed by atoms with Crippen molar-refractivity contribution in [2.24, 2.45) is 0 Å². The molecule has 0 radical (unpaired) electrons. The quantitative estimate of drug-likeness (QED) is 0.879. The first kappa shape index (κ1) is 12.7. The molecule has 0 bridgehead atoms. The fraction of sp³-hybridized carbons (Fsp3) is 0.188. The average Bonchev–Trinajstić information content (AvgIpc) is 2.71. The fourth-order valence-electron chi connectivity index (χ4n) is 2.30. The SMILES string of the molecule is O=C(O)c1ccc(-c2ccc3c(c2)CNCCO3)cc1. The second kappa shape index (κ2) is 5.35. The summed E-state index contributed by atoms with van der Waals surface area (Å²) in [7, 11) is 0. The Kier molecular flexibility index (Phi) is 3.39. The number of ether oxygens (including phenoxy) is 1. The van der Waals surface area contributed by atoms with Crippen LogP contribution < -0.4 is 10.1 Å². The maximum atomic E-state index is 10.9. The van der Waals surface area contributed by atoms with E-state index in [1.54, 1.807) is 12.1 Å². The standard InChI is InChI=1S/C16H15NO3/c18-16(19)12-3-1-11(2-4-12)13-5-6-15-14(9-13)10-17-7-8-20-15/h1-6,9,17H,7-8,10H2,(H,18,19). The van der Waals surface area contributed by atoms with Crippen molar-refractivity contribution in [3.05, 3.63) is 53.6 Å². The summed E-state index contributed by atoms with van der Waals surface area (Å²) in [5, 5.41) is 12.2. The molecule has 0 spiro atoms. The molecule has 0 aromatic heterocycles. The lowest BCUT2D eigenvalue weighted by Crippen LogP contribution is -2.16. The Morgan fingerprint density at radius 3 is 2.60 bits per heavy atom. The monoisotopic (exact) mass is 269 g/mol. The largest absolute Gasteiger partial charge is 0.492 e. The van der Waals surface area contributed by atoms with Gasteiger partial charge >= 0.3 is 5.97 Å². The van der Waals surface area contributed by atoms with Gasteiger partial charge in [-0.1, -0.05) is 18.2 Å². The molecule has 1 aliphatic heterocycles. The molecular weight excluding hydrogens is 254 g/mol. The fourth-order valence-corrected chi connectivity index (χ4v) is 2.30. The van der Waals surface area contributed by atoms with E-state index in [1.807, 2.05) is 24.3 Å². The van der Waals surface area contributed by atoms with Crippen molar-refractivity contribution in [1.82, 2.24) is 5.32 Å². The molecule has 4 nitrogen and oxygen atoms in total. The molecule has 20 heavy (non-hydrogen) atoms. The molecule has 2 aromatic carbocycles. The van der Waals surface area contributed by atoms with Gasteiger partial charge in [-0.15, -0.1) is 0 Å². The molecule has 2 aromatic rings. The summed E-state index contributed by atoms with van der Waals surface area (Å²) < 4.78 is 5.65. The van der Waals surface area contributed by atoms with E-state index in [9.17, 15) is 4.79 Å². The third-order valence-electron chi connectivity index (χ3n) is 3.38. The van der Waals surface area contributed by atoms with Crippen LogP contribution in [0.1, 0.15) is 15.9 Å². The zero-order valence-corrected chi connectivity index (χ0v) is 10.9. The molecule has 0 aliphatic carbocycles. The number of carboxylic acid groups (broad SMARTS) is 1. The minimum atomic E-state index is -0.906. The lowest BCUT2D eigenvalue weighted by Gasteiger charge is -2.09. The Morgan fingerprint density at radius 2 is 1.85 bits per heavy atom. The summed E-state index contributed by atoms with van der Waals surface area (Å²) in [5.41, 5.74) is 3.49. The second-order valence-corrected chi connectivity index (χ2v) is 4.73. The predicted molar refractivity (Wildman–Crippen MR) is 76.0 cm³/mol. The molecule has 3 rings (SSSR count). The van der Waals surface area contributed by atoms with Crippen LogP contribution in [0.4, 0.5) is 0 Å². The summed E-state index contributed by atoms with van der Waals surface area (Å²) in [5.74, 6) is 0.0111. The van der Waals surface area contributed by atoms with Gasteiger partial charge in [0.15, 0.2) is 0 Å². The van der Waals surface area contributed by atoms with Crippen LogP contribution in [-0.4, -0.2) is 24.2 Å². The van der Waals surface area contributed by atoms with E-state index in [2.05, 4.69) is 11.4 Å². The minimum Gasteiger partial charge on any atom is -0.492 e. The van der Waals surface area contributed by atoms with Gasteiger partial charge in [0.2, 0.25) is 0 Å². The summed E-state index contributed by atoms with van der Waals surface area (Å²) in [6.45, 7) is 2.31. The molecule has 2 N–H and O–H groups in total. The predicted octanol–water partition coefficient (Wildman–Crippen LogP) is 2.53. The summed E-state index contributed by atoms with van der Waals surface area (Å²) in [4.78, 5) is 10.9. The van der Waals surface area contributed by atoms with Crippen molar-refractivity contribution in [3.63, 3.8) is 0 Å². The van der Waals surface area contributed by atoms with E-state index in [4.69, 9.17) is 9.84 Å². The molecule has 4 heteroatoms. The van der Waals surface area contributed by atoms with E-state index in [1.165, 1.54) is 0 Å². The number of fused-ring (bicyclic) bond motifs is 1. The Labute approximate surface area is 117 Å². The van der Waals surface area contributed by atoms with Crippen molar-refractivity contribution >= 4 is 5.97 Å². The van der Waals surface area contributed by atoms with Crippen molar-refractivity contribution in [2.45, 2.75) is 6.54 Å². The van der Waals surface area contributed by atoms with Crippen LogP contribution in [0.2, 0.25) is 0 Å². The number of aromatic carboxylic acids is 1. The lowest BCUT2D eigenvalue weighted by molar-refractivity contribution is 0.0697. The molecule has 0 saturated carbocycles. The summed E-state index contributed by atoms with van der Waals surface area (Å²) in [6.07, 6.45) is 0. The average molecular weight is 269 g/mol. The van der Waals surface area contributed by atoms with Crippen LogP contribution in [0.3, 0.4) is 0 Å². The first-order valence-corrected chi connectivity index (χ1v) is 6.54. The smallest absolute Gasteiger partial charge is 0.335 e. The zero-order valence-electron chi connectivity index (χ0n) is 10.9. The number of benzene rings is 2. The lowest BCUT2D eigenvalue weighted by atomic mass is 10.0. The highest BCUT2D eigenvalue weighted by Gasteiger charge is 2.10. The Balaban J connectivity index is 1.94. The minimum absolute atomic E-state index is 0.300. The van der Waals surface area contributed by atoms with E-state index >= 15 is 0 Å². The molecule has 0 atom stereocenters. The Bertz CT molecular complexity index is 635. The Morgan fingerprint density at radius 1 is 1.10 bits per heavy atom. The first-order chi connectivity index (χ1) is 9.74. The number of nitrogens with one attached hydrogen (secondary N) is 1. The van der Waals surface area contributed by atoms with Gasteiger partial charge in [-0.2, -0.15) is 0 Å². The third kappa shape index (κ3) is 2.51. The van der Waals surface area contributed by atoms with Crippen molar-refractivity contribution in [1.29, 1.82) is 0 Å². The highest BCUT2D eigenvalue weighted by atomic mass is 16.5. The van der Waals surface area contributed by atoms with Gasteiger partial charge < -0.3 is 15.2 Å². The number of hydrogen-bond acceptors (Lipinski definition) is 3. The van der Waals surface area contributed by atoms with Crippen LogP contribution in [0.25, 0.3) is 11.1 Å². The number of carbonyl (C=O) groups is 1. The molecule has 102 valence electrons. The van der Waals surface area contributed by atoms with Gasteiger partial charge in [0, 0.05) is 18.7 Å². The molecular formula is C16H15NO3. The topological polar surface area (TPSA) is 58.6 Å². The number of hydrogen-bond donors (Lipinski definition) is 2. The van der Waals surface area contributed by atoms with Gasteiger partial charge in [-0.25, -0.2) is 4.79 Å². The van der Waals surface area contributed by atoms with E-state index < -0.39 is 5.97 Å². The van der Waals surface area contributed by atoms with E-state index in [-0.39, 0.29) is 0 Å². The number of rotatable bonds is 2. The van der Waals surface area contributed by atoms with E-state index in [0.29, 0.717) is 12.2 Å². The van der Waals surface area contributed by atoms with Crippen molar-refractivity contribution in [2.75, 3.05) is 13.2 Å². The molecule has 0 fully saturated rings. The summed E-state index contributed by atoms with van der Waals surface area (Å²) in [6, 6.07) is 13.0. The molecule has 0 amide bonds. The van der Waals surface area contributed by atoms with E-state index in [0.717, 1.165) is 35.5 Å². The maximum Gasteiger partial charge on any atom is 0.335 e. The highest BCUT2D eigenvalue weighted by molar-refractivity contribution is 5.88.